The molecule has 0 N–H and O–H groups in total. The Labute approximate surface area is 113 Å². The van der Waals surface area contributed by atoms with Crippen molar-refractivity contribution in [3.63, 3.8) is 0 Å². The summed E-state index contributed by atoms with van der Waals surface area (Å²) in [6, 6.07) is 11.3. The second-order valence-electron chi connectivity index (χ2n) is 5.82. The Kier molecular flexibility index (Phi) is 2.82. The molecule has 3 nitrogen and oxygen atoms in total. The SMILES string of the molecule is c1ccc2oc(CN3CCN4CCCC4C3)cc2c1. The van der Waals surface area contributed by atoms with E-state index in [0.29, 0.717) is 0 Å². The van der Waals surface area contributed by atoms with Crippen LogP contribution in [0.15, 0.2) is 34.7 Å². The van der Waals surface area contributed by atoms with Gasteiger partial charge in [-0.2, -0.15) is 0 Å². The average Bonchev–Trinajstić information content (AvgIpc) is 3.03. The smallest absolute Gasteiger partial charge is 0.134 e. The number of para-hydroxylation sites is 1. The van der Waals surface area contributed by atoms with Crippen LogP contribution in [-0.2, 0) is 6.54 Å². The monoisotopic (exact) mass is 256 g/mol. The van der Waals surface area contributed by atoms with Crippen LogP contribution in [0, 0.1) is 0 Å². The van der Waals surface area contributed by atoms with Crippen molar-refractivity contribution >= 4 is 11.0 Å². The van der Waals surface area contributed by atoms with E-state index in [1.807, 2.05) is 12.1 Å². The molecule has 2 saturated heterocycles. The van der Waals surface area contributed by atoms with Gasteiger partial charge in [-0.1, -0.05) is 18.2 Å². The van der Waals surface area contributed by atoms with Crippen molar-refractivity contribution in [1.29, 1.82) is 0 Å². The normalized spacial score (nSPS) is 24.9. The van der Waals surface area contributed by atoms with E-state index >= 15 is 0 Å². The van der Waals surface area contributed by atoms with Crippen molar-refractivity contribution in [3.05, 3.63) is 36.1 Å². The maximum Gasteiger partial charge on any atom is 0.134 e. The quantitative estimate of drug-likeness (QED) is 0.823. The third-order valence-electron chi connectivity index (χ3n) is 4.53. The Morgan fingerprint density at radius 2 is 2.11 bits per heavy atom. The summed E-state index contributed by atoms with van der Waals surface area (Å²) in [4.78, 5) is 5.19. The molecule has 100 valence electrons. The predicted molar refractivity (Wildman–Crippen MR) is 76.1 cm³/mol. The summed E-state index contributed by atoms with van der Waals surface area (Å²) >= 11 is 0. The lowest BCUT2D eigenvalue weighted by atomic mass is 10.1. The summed E-state index contributed by atoms with van der Waals surface area (Å²) in [6.07, 6.45) is 2.75. The molecule has 0 spiro atoms. The summed E-state index contributed by atoms with van der Waals surface area (Å²) in [5.74, 6) is 1.10. The summed E-state index contributed by atoms with van der Waals surface area (Å²) in [5.41, 5.74) is 1.01. The zero-order valence-electron chi connectivity index (χ0n) is 11.2. The van der Waals surface area contributed by atoms with Crippen molar-refractivity contribution in [1.82, 2.24) is 9.80 Å². The highest BCUT2D eigenvalue weighted by Crippen LogP contribution is 2.24. The van der Waals surface area contributed by atoms with E-state index in [0.717, 1.165) is 23.9 Å². The Hall–Kier alpha value is -1.32. The topological polar surface area (TPSA) is 19.6 Å². The molecule has 2 aliphatic rings. The molecule has 19 heavy (non-hydrogen) atoms. The van der Waals surface area contributed by atoms with Crippen LogP contribution in [0.25, 0.3) is 11.0 Å². The van der Waals surface area contributed by atoms with Gasteiger partial charge in [0.2, 0.25) is 0 Å². The maximum absolute atomic E-state index is 5.93. The zero-order valence-corrected chi connectivity index (χ0v) is 11.2. The van der Waals surface area contributed by atoms with Gasteiger partial charge >= 0.3 is 0 Å². The molecule has 0 radical (unpaired) electrons. The molecular formula is C16H20N2O. The van der Waals surface area contributed by atoms with E-state index in [9.17, 15) is 0 Å². The van der Waals surface area contributed by atoms with Crippen molar-refractivity contribution in [3.8, 4) is 0 Å². The zero-order chi connectivity index (χ0) is 12.7. The molecule has 1 atom stereocenters. The van der Waals surface area contributed by atoms with Crippen molar-refractivity contribution in [2.75, 3.05) is 26.2 Å². The van der Waals surface area contributed by atoms with E-state index in [2.05, 4.69) is 28.0 Å². The highest BCUT2D eigenvalue weighted by molar-refractivity contribution is 5.77. The standard InChI is InChI=1S/C16H20N2O/c1-2-6-16-13(4-1)10-15(19-16)12-17-8-9-18-7-3-5-14(18)11-17/h1-2,4,6,10,14H,3,5,7-9,11-12H2. The number of fused-ring (bicyclic) bond motifs is 2. The largest absolute Gasteiger partial charge is 0.460 e. The molecule has 2 aromatic rings. The molecule has 2 fully saturated rings. The molecule has 1 unspecified atom stereocenters. The predicted octanol–water partition coefficient (Wildman–Crippen LogP) is 2.71. The fourth-order valence-corrected chi connectivity index (χ4v) is 3.53. The van der Waals surface area contributed by atoms with Crippen LogP contribution in [-0.4, -0.2) is 42.0 Å². The van der Waals surface area contributed by atoms with Gasteiger partial charge in [-0.15, -0.1) is 0 Å². The maximum atomic E-state index is 5.93. The Bertz CT molecular complexity index is 544. The highest BCUT2D eigenvalue weighted by atomic mass is 16.3. The van der Waals surface area contributed by atoms with Gasteiger partial charge < -0.3 is 4.42 Å². The highest BCUT2D eigenvalue weighted by Gasteiger charge is 2.30. The molecule has 0 amide bonds. The van der Waals surface area contributed by atoms with E-state index in [-0.39, 0.29) is 0 Å². The number of hydrogen-bond donors (Lipinski definition) is 0. The second-order valence-corrected chi connectivity index (χ2v) is 5.82. The van der Waals surface area contributed by atoms with Crippen LogP contribution in [0.4, 0.5) is 0 Å². The summed E-state index contributed by atoms with van der Waals surface area (Å²) < 4.78 is 5.93. The third kappa shape index (κ3) is 2.17. The number of furan rings is 1. The molecular weight excluding hydrogens is 236 g/mol. The molecule has 0 bridgehead atoms. The Morgan fingerprint density at radius 3 is 3.05 bits per heavy atom. The van der Waals surface area contributed by atoms with Gasteiger partial charge in [0.15, 0.2) is 0 Å². The fourth-order valence-electron chi connectivity index (χ4n) is 3.53. The molecule has 4 rings (SSSR count). The van der Waals surface area contributed by atoms with Gasteiger partial charge in [0.25, 0.3) is 0 Å². The number of piperazine rings is 1. The van der Waals surface area contributed by atoms with Crippen LogP contribution in [0.1, 0.15) is 18.6 Å². The van der Waals surface area contributed by atoms with Gasteiger partial charge in [-0.05, 0) is 31.5 Å². The van der Waals surface area contributed by atoms with Gasteiger partial charge in [0.05, 0.1) is 6.54 Å². The van der Waals surface area contributed by atoms with Crippen LogP contribution >= 0.6 is 0 Å². The minimum absolute atomic E-state index is 0.790. The number of nitrogens with zero attached hydrogens (tertiary/aromatic N) is 2. The molecule has 1 aromatic heterocycles. The van der Waals surface area contributed by atoms with Crippen molar-refractivity contribution < 1.29 is 4.42 Å². The summed E-state index contributed by atoms with van der Waals surface area (Å²) in [6.45, 7) is 5.87. The van der Waals surface area contributed by atoms with Gasteiger partial charge in [0, 0.05) is 31.1 Å². The lowest BCUT2D eigenvalue weighted by molar-refractivity contribution is 0.0945. The minimum Gasteiger partial charge on any atom is -0.460 e. The minimum atomic E-state index is 0.790. The molecule has 0 aliphatic carbocycles. The fraction of sp³-hybridized carbons (Fsp3) is 0.500. The van der Waals surface area contributed by atoms with Gasteiger partial charge in [-0.3, -0.25) is 9.80 Å². The third-order valence-corrected chi connectivity index (χ3v) is 4.53. The van der Waals surface area contributed by atoms with Gasteiger partial charge in [0.1, 0.15) is 11.3 Å². The van der Waals surface area contributed by atoms with E-state index in [1.165, 1.54) is 44.4 Å². The summed E-state index contributed by atoms with van der Waals surface area (Å²) in [7, 11) is 0. The lowest BCUT2D eigenvalue weighted by Crippen LogP contribution is -2.49. The first kappa shape index (κ1) is 11.5. The first-order chi connectivity index (χ1) is 9.38. The van der Waals surface area contributed by atoms with Gasteiger partial charge in [-0.25, -0.2) is 0 Å². The Balaban J connectivity index is 1.48. The number of benzene rings is 1. The summed E-state index contributed by atoms with van der Waals surface area (Å²) in [5, 5.41) is 1.22. The van der Waals surface area contributed by atoms with E-state index in [1.54, 1.807) is 0 Å². The number of rotatable bonds is 2. The van der Waals surface area contributed by atoms with Crippen molar-refractivity contribution in [2.45, 2.75) is 25.4 Å². The Morgan fingerprint density at radius 1 is 1.16 bits per heavy atom. The second kappa shape index (κ2) is 4.66. The van der Waals surface area contributed by atoms with Crippen molar-refractivity contribution in [2.24, 2.45) is 0 Å². The lowest BCUT2D eigenvalue weighted by Gasteiger charge is -2.37. The molecule has 3 heterocycles. The van der Waals surface area contributed by atoms with Crippen LogP contribution in [0.2, 0.25) is 0 Å². The molecule has 1 aromatic carbocycles. The van der Waals surface area contributed by atoms with E-state index < -0.39 is 0 Å². The first-order valence-electron chi connectivity index (χ1n) is 7.32. The number of hydrogen-bond acceptors (Lipinski definition) is 3. The average molecular weight is 256 g/mol. The molecule has 0 saturated carbocycles. The van der Waals surface area contributed by atoms with Crippen LogP contribution in [0.5, 0.6) is 0 Å². The van der Waals surface area contributed by atoms with Crippen LogP contribution < -0.4 is 0 Å². The van der Waals surface area contributed by atoms with E-state index in [4.69, 9.17) is 4.42 Å². The van der Waals surface area contributed by atoms with Crippen LogP contribution in [0.3, 0.4) is 0 Å². The molecule has 2 aliphatic heterocycles. The molecule has 3 heteroatoms. The first-order valence-corrected chi connectivity index (χ1v) is 7.32.